The molecule has 0 radical (unpaired) electrons. The van der Waals surface area contributed by atoms with Crippen LogP contribution < -0.4 is 0 Å². The van der Waals surface area contributed by atoms with Crippen molar-refractivity contribution in [2.45, 2.75) is 25.4 Å². The van der Waals surface area contributed by atoms with Crippen LogP contribution in [0.2, 0.25) is 5.02 Å². The Morgan fingerprint density at radius 1 is 1.13 bits per heavy atom. The number of rotatable bonds is 1. The van der Waals surface area contributed by atoms with Crippen LogP contribution in [0.4, 0.5) is 13.2 Å². The first-order valence-electron chi connectivity index (χ1n) is 4.18. The standard InChI is InChI=1S/C10H9BrClF3/c1-9(2,10(13,14)15)6-3-7(11)5-8(12)4-6/h3-5H,1-2H3. The van der Waals surface area contributed by atoms with E-state index in [0.717, 1.165) is 13.8 Å². The molecule has 0 aliphatic rings. The number of hydrogen-bond acceptors (Lipinski definition) is 0. The van der Waals surface area contributed by atoms with Crippen LogP contribution in [0.1, 0.15) is 19.4 Å². The largest absolute Gasteiger partial charge is 0.397 e. The van der Waals surface area contributed by atoms with Crippen LogP contribution in [0.5, 0.6) is 0 Å². The fourth-order valence-corrected chi connectivity index (χ4v) is 1.94. The topological polar surface area (TPSA) is 0 Å². The molecule has 1 rings (SSSR count). The maximum absolute atomic E-state index is 12.7. The molecule has 0 nitrogen and oxygen atoms in total. The second-order valence-corrected chi connectivity index (χ2v) is 5.13. The maximum atomic E-state index is 12.7. The van der Waals surface area contributed by atoms with Crippen LogP contribution in [0.15, 0.2) is 22.7 Å². The van der Waals surface area contributed by atoms with Crippen molar-refractivity contribution in [1.29, 1.82) is 0 Å². The molecule has 0 saturated carbocycles. The highest BCUT2D eigenvalue weighted by Crippen LogP contribution is 2.41. The number of halogens is 5. The molecule has 0 aromatic heterocycles. The Hall–Kier alpha value is -0.220. The first-order chi connectivity index (χ1) is 6.64. The van der Waals surface area contributed by atoms with Crippen molar-refractivity contribution in [2.24, 2.45) is 0 Å². The highest BCUT2D eigenvalue weighted by Gasteiger charge is 2.48. The molecule has 1 aromatic carbocycles. The van der Waals surface area contributed by atoms with Crippen molar-refractivity contribution in [2.75, 3.05) is 0 Å². The van der Waals surface area contributed by atoms with E-state index < -0.39 is 11.6 Å². The monoisotopic (exact) mass is 300 g/mol. The zero-order chi connectivity index (χ0) is 11.9. The maximum Gasteiger partial charge on any atom is 0.397 e. The third-order valence-electron chi connectivity index (χ3n) is 2.29. The average Bonchev–Trinajstić information content (AvgIpc) is 1.99. The number of benzene rings is 1. The lowest BCUT2D eigenvalue weighted by atomic mass is 9.84. The quantitative estimate of drug-likeness (QED) is 0.689. The zero-order valence-electron chi connectivity index (χ0n) is 8.12. The van der Waals surface area contributed by atoms with Gasteiger partial charge in [-0.3, -0.25) is 0 Å². The Bertz CT molecular complexity index is 351. The molecule has 0 aliphatic heterocycles. The molecule has 0 aliphatic carbocycles. The van der Waals surface area contributed by atoms with Gasteiger partial charge in [0.15, 0.2) is 0 Å². The predicted octanol–water partition coefficient (Wildman–Crippen LogP) is 4.94. The van der Waals surface area contributed by atoms with Gasteiger partial charge in [0.1, 0.15) is 0 Å². The summed E-state index contributed by atoms with van der Waals surface area (Å²) in [5, 5.41) is 0.289. The van der Waals surface area contributed by atoms with Crippen molar-refractivity contribution in [3.8, 4) is 0 Å². The van der Waals surface area contributed by atoms with E-state index in [2.05, 4.69) is 15.9 Å². The minimum atomic E-state index is -4.29. The van der Waals surface area contributed by atoms with Gasteiger partial charge in [0.25, 0.3) is 0 Å². The third-order valence-corrected chi connectivity index (χ3v) is 2.97. The second kappa shape index (κ2) is 3.98. The van der Waals surface area contributed by atoms with Crippen molar-refractivity contribution in [3.63, 3.8) is 0 Å². The van der Waals surface area contributed by atoms with E-state index in [9.17, 15) is 13.2 Å². The summed E-state index contributed by atoms with van der Waals surface area (Å²) in [7, 11) is 0. The lowest BCUT2D eigenvalue weighted by Gasteiger charge is -2.28. The van der Waals surface area contributed by atoms with Crippen LogP contribution >= 0.6 is 27.5 Å². The van der Waals surface area contributed by atoms with Gasteiger partial charge >= 0.3 is 6.18 Å². The number of alkyl halides is 3. The Labute approximate surface area is 99.6 Å². The van der Waals surface area contributed by atoms with Crippen molar-refractivity contribution in [1.82, 2.24) is 0 Å². The van der Waals surface area contributed by atoms with Gasteiger partial charge < -0.3 is 0 Å². The van der Waals surface area contributed by atoms with Crippen LogP contribution in [0.3, 0.4) is 0 Å². The molecule has 0 saturated heterocycles. The summed E-state index contributed by atoms with van der Waals surface area (Å²) in [5.74, 6) is 0. The summed E-state index contributed by atoms with van der Waals surface area (Å²) >= 11 is 8.83. The molecule has 0 amide bonds. The van der Waals surface area contributed by atoms with Crippen LogP contribution in [0, 0.1) is 0 Å². The second-order valence-electron chi connectivity index (χ2n) is 3.78. The SMILES string of the molecule is CC(C)(c1cc(Cl)cc(Br)c1)C(F)(F)F. The van der Waals surface area contributed by atoms with Crippen molar-refractivity contribution < 1.29 is 13.2 Å². The zero-order valence-corrected chi connectivity index (χ0v) is 10.5. The first kappa shape index (κ1) is 12.8. The summed E-state index contributed by atoms with van der Waals surface area (Å²) in [5.41, 5.74) is -1.75. The molecule has 0 N–H and O–H groups in total. The molecule has 0 atom stereocenters. The van der Waals surface area contributed by atoms with E-state index >= 15 is 0 Å². The Kier molecular flexibility index (Phi) is 3.41. The van der Waals surface area contributed by atoms with E-state index in [1.165, 1.54) is 12.1 Å². The molecule has 5 heteroatoms. The highest BCUT2D eigenvalue weighted by atomic mass is 79.9. The van der Waals surface area contributed by atoms with Crippen molar-refractivity contribution in [3.05, 3.63) is 33.3 Å². The van der Waals surface area contributed by atoms with E-state index in [1.54, 1.807) is 6.07 Å². The molecule has 84 valence electrons. The van der Waals surface area contributed by atoms with Gasteiger partial charge in [-0.25, -0.2) is 0 Å². The molecular formula is C10H9BrClF3. The molecular weight excluding hydrogens is 292 g/mol. The van der Waals surface area contributed by atoms with Crippen molar-refractivity contribution >= 4 is 27.5 Å². The summed E-state index contributed by atoms with van der Waals surface area (Å²) in [6, 6.07) is 4.32. The van der Waals surface area contributed by atoms with Gasteiger partial charge in [0.05, 0.1) is 5.41 Å². The van der Waals surface area contributed by atoms with Crippen LogP contribution in [-0.4, -0.2) is 6.18 Å². The van der Waals surface area contributed by atoms with E-state index in [4.69, 9.17) is 11.6 Å². The lowest BCUT2D eigenvalue weighted by molar-refractivity contribution is -0.180. The minimum absolute atomic E-state index is 0.148. The molecule has 0 unspecified atom stereocenters. The summed E-state index contributed by atoms with van der Waals surface area (Å²) in [6.45, 7) is 2.26. The van der Waals surface area contributed by atoms with E-state index in [-0.39, 0.29) is 10.6 Å². The predicted molar refractivity (Wildman–Crippen MR) is 58.2 cm³/mol. The smallest absolute Gasteiger partial charge is 0.170 e. The fraction of sp³-hybridized carbons (Fsp3) is 0.400. The van der Waals surface area contributed by atoms with Gasteiger partial charge in [0, 0.05) is 9.50 Å². The molecule has 15 heavy (non-hydrogen) atoms. The van der Waals surface area contributed by atoms with Gasteiger partial charge in [-0.2, -0.15) is 13.2 Å². The Morgan fingerprint density at radius 2 is 1.67 bits per heavy atom. The Morgan fingerprint density at radius 3 is 2.07 bits per heavy atom. The summed E-state index contributed by atoms with van der Waals surface area (Å²) in [4.78, 5) is 0. The summed E-state index contributed by atoms with van der Waals surface area (Å²) in [6.07, 6.45) is -4.29. The van der Waals surface area contributed by atoms with E-state index in [0.29, 0.717) is 4.47 Å². The van der Waals surface area contributed by atoms with Crippen LogP contribution in [0.25, 0.3) is 0 Å². The molecule has 0 heterocycles. The normalized spacial score (nSPS) is 13.0. The third kappa shape index (κ3) is 2.67. The first-order valence-corrected chi connectivity index (χ1v) is 5.35. The van der Waals surface area contributed by atoms with E-state index in [1.807, 2.05) is 0 Å². The van der Waals surface area contributed by atoms with Gasteiger partial charge in [-0.15, -0.1) is 0 Å². The molecule has 0 spiro atoms. The van der Waals surface area contributed by atoms with Gasteiger partial charge in [0.2, 0.25) is 0 Å². The fourth-order valence-electron chi connectivity index (χ4n) is 1.08. The lowest BCUT2D eigenvalue weighted by Crippen LogP contribution is -2.36. The highest BCUT2D eigenvalue weighted by molar-refractivity contribution is 9.10. The molecule has 1 aromatic rings. The molecule has 0 fully saturated rings. The number of hydrogen-bond donors (Lipinski definition) is 0. The van der Waals surface area contributed by atoms with Crippen LogP contribution in [-0.2, 0) is 5.41 Å². The average molecular weight is 302 g/mol. The van der Waals surface area contributed by atoms with Gasteiger partial charge in [-0.05, 0) is 37.6 Å². The van der Waals surface area contributed by atoms with Gasteiger partial charge in [-0.1, -0.05) is 27.5 Å². The molecule has 0 bridgehead atoms. The Balaban J connectivity index is 3.27. The minimum Gasteiger partial charge on any atom is -0.170 e. The summed E-state index contributed by atoms with van der Waals surface area (Å²) < 4.78 is 38.7.